The van der Waals surface area contributed by atoms with Gasteiger partial charge in [0, 0.05) is 0 Å². The lowest BCUT2D eigenvalue weighted by Gasteiger charge is -2.13. The normalized spacial score (nSPS) is 11.7. The number of aliphatic hydroxyl groups excluding tert-OH is 1. The average molecular weight is 270 g/mol. The second-order valence-corrected chi connectivity index (χ2v) is 4.37. The van der Waals surface area contributed by atoms with E-state index in [1.54, 1.807) is 25.3 Å². The summed E-state index contributed by atoms with van der Waals surface area (Å²) in [6.07, 6.45) is 0.770. The number of aliphatic hydroxyl groups is 1. The van der Waals surface area contributed by atoms with Crippen LogP contribution in [0.4, 0.5) is 0 Å². The molecule has 1 N–H and O–H groups in total. The first kappa shape index (κ1) is 14.2. The molecule has 0 unspecified atom stereocenters. The van der Waals surface area contributed by atoms with Crippen molar-refractivity contribution in [1.82, 2.24) is 0 Å². The van der Waals surface area contributed by atoms with E-state index in [2.05, 4.69) is 6.58 Å². The molecular formula is C17H18O3. The van der Waals surface area contributed by atoms with Crippen LogP contribution in [0.15, 0.2) is 61.2 Å². The number of hydrogen-bond donors (Lipinski definition) is 1. The number of hydrogen-bond acceptors (Lipinski definition) is 3. The van der Waals surface area contributed by atoms with Gasteiger partial charge in [0.15, 0.2) is 11.5 Å². The van der Waals surface area contributed by atoms with E-state index >= 15 is 0 Å². The number of ether oxygens (including phenoxy) is 2. The van der Waals surface area contributed by atoms with Crippen LogP contribution < -0.4 is 9.47 Å². The van der Waals surface area contributed by atoms with Crippen LogP contribution in [0.5, 0.6) is 11.5 Å². The van der Waals surface area contributed by atoms with Crippen LogP contribution in [-0.2, 0) is 6.61 Å². The molecule has 2 aromatic rings. The van der Waals surface area contributed by atoms with Crippen molar-refractivity contribution >= 4 is 0 Å². The Morgan fingerprint density at radius 2 is 1.90 bits per heavy atom. The minimum absolute atomic E-state index is 0.473. The summed E-state index contributed by atoms with van der Waals surface area (Å²) in [5, 5.41) is 9.73. The third kappa shape index (κ3) is 3.39. The molecule has 0 aliphatic rings. The molecule has 0 amide bonds. The van der Waals surface area contributed by atoms with Crippen LogP contribution in [-0.4, -0.2) is 12.2 Å². The van der Waals surface area contributed by atoms with Crippen LogP contribution >= 0.6 is 0 Å². The maximum absolute atomic E-state index is 9.73. The summed E-state index contributed by atoms with van der Waals surface area (Å²) >= 11 is 0. The van der Waals surface area contributed by atoms with Gasteiger partial charge in [0.25, 0.3) is 0 Å². The van der Waals surface area contributed by atoms with Gasteiger partial charge in [-0.25, -0.2) is 0 Å². The van der Waals surface area contributed by atoms with Crippen LogP contribution in [0.3, 0.4) is 0 Å². The van der Waals surface area contributed by atoms with Gasteiger partial charge < -0.3 is 14.6 Å². The van der Waals surface area contributed by atoms with Crippen molar-refractivity contribution < 1.29 is 14.6 Å². The quantitative estimate of drug-likeness (QED) is 0.817. The third-order valence-corrected chi connectivity index (χ3v) is 2.99. The van der Waals surface area contributed by atoms with Crippen molar-refractivity contribution in [2.75, 3.05) is 7.11 Å². The molecule has 3 heteroatoms. The number of rotatable bonds is 6. The van der Waals surface area contributed by atoms with E-state index in [9.17, 15) is 5.11 Å². The topological polar surface area (TPSA) is 38.7 Å². The van der Waals surface area contributed by atoms with E-state index in [-0.39, 0.29) is 0 Å². The van der Waals surface area contributed by atoms with Gasteiger partial charge in [0.05, 0.1) is 13.2 Å². The van der Waals surface area contributed by atoms with Crippen LogP contribution in [0, 0.1) is 0 Å². The average Bonchev–Trinajstić information content (AvgIpc) is 2.53. The molecule has 0 heterocycles. The highest BCUT2D eigenvalue weighted by Gasteiger charge is 2.09. The molecule has 0 aromatic heterocycles. The summed E-state index contributed by atoms with van der Waals surface area (Å²) < 4.78 is 11.0. The minimum atomic E-state index is -0.702. The Bertz CT molecular complexity index is 564. The first-order valence-corrected chi connectivity index (χ1v) is 6.40. The first-order valence-electron chi connectivity index (χ1n) is 6.40. The zero-order valence-corrected chi connectivity index (χ0v) is 11.5. The number of benzene rings is 2. The summed E-state index contributed by atoms with van der Waals surface area (Å²) in [5.74, 6) is 1.25. The van der Waals surface area contributed by atoms with Crippen molar-refractivity contribution in [3.8, 4) is 11.5 Å². The lowest BCUT2D eigenvalue weighted by molar-refractivity contribution is 0.227. The molecule has 20 heavy (non-hydrogen) atoms. The van der Waals surface area contributed by atoms with Crippen molar-refractivity contribution in [2.24, 2.45) is 0 Å². The van der Waals surface area contributed by atoms with Crippen molar-refractivity contribution in [1.29, 1.82) is 0 Å². The van der Waals surface area contributed by atoms with Gasteiger partial charge in [0.1, 0.15) is 6.61 Å². The molecule has 0 radical (unpaired) electrons. The molecule has 0 aliphatic carbocycles. The van der Waals surface area contributed by atoms with Gasteiger partial charge in [-0.2, -0.15) is 0 Å². The highest BCUT2D eigenvalue weighted by molar-refractivity contribution is 5.44. The smallest absolute Gasteiger partial charge is 0.161 e. The summed E-state index contributed by atoms with van der Waals surface area (Å²) in [5.41, 5.74) is 1.81. The zero-order chi connectivity index (χ0) is 14.4. The van der Waals surface area contributed by atoms with E-state index in [4.69, 9.17) is 9.47 Å². The Labute approximate surface area is 119 Å². The van der Waals surface area contributed by atoms with Crippen LogP contribution in [0.1, 0.15) is 17.2 Å². The summed E-state index contributed by atoms with van der Waals surface area (Å²) in [4.78, 5) is 0. The molecular weight excluding hydrogens is 252 g/mol. The van der Waals surface area contributed by atoms with Gasteiger partial charge in [0.2, 0.25) is 0 Å². The molecule has 2 rings (SSSR count). The Balaban J connectivity index is 2.13. The van der Waals surface area contributed by atoms with E-state index in [0.29, 0.717) is 18.1 Å². The van der Waals surface area contributed by atoms with Crippen molar-refractivity contribution in [3.63, 3.8) is 0 Å². The second-order valence-electron chi connectivity index (χ2n) is 4.37. The van der Waals surface area contributed by atoms with Crippen molar-refractivity contribution in [3.05, 3.63) is 72.3 Å². The lowest BCUT2D eigenvalue weighted by atomic mass is 10.1. The monoisotopic (exact) mass is 270 g/mol. The highest BCUT2D eigenvalue weighted by Crippen LogP contribution is 2.31. The molecule has 0 bridgehead atoms. The van der Waals surface area contributed by atoms with Crippen molar-refractivity contribution in [2.45, 2.75) is 12.7 Å². The highest BCUT2D eigenvalue weighted by atomic mass is 16.5. The van der Waals surface area contributed by atoms with E-state index in [1.807, 2.05) is 30.3 Å². The Kier molecular flexibility index (Phi) is 4.80. The minimum Gasteiger partial charge on any atom is -0.493 e. The number of methoxy groups -OCH3 is 1. The molecule has 2 aromatic carbocycles. The van der Waals surface area contributed by atoms with E-state index < -0.39 is 6.10 Å². The standard InChI is InChI=1S/C17H18O3/c1-3-15(18)14-9-10-16(17(11-14)19-2)20-12-13-7-5-4-6-8-13/h3-11,15,18H,1,12H2,2H3/t15-/m0/s1. The Hall–Kier alpha value is -2.26. The molecule has 0 aliphatic heterocycles. The molecule has 0 fully saturated rings. The van der Waals surface area contributed by atoms with E-state index in [1.165, 1.54) is 6.08 Å². The van der Waals surface area contributed by atoms with Gasteiger partial charge in [-0.1, -0.05) is 42.5 Å². The zero-order valence-electron chi connectivity index (χ0n) is 11.5. The maximum atomic E-state index is 9.73. The summed E-state index contributed by atoms with van der Waals surface area (Å²) in [6.45, 7) is 4.04. The molecule has 0 saturated heterocycles. The largest absolute Gasteiger partial charge is 0.493 e. The Morgan fingerprint density at radius 3 is 2.55 bits per heavy atom. The predicted octanol–water partition coefficient (Wildman–Crippen LogP) is 3.49. The van der Waals surface area contributed by atoms with Gasteiger partial charge in [-0.15, -0.1) is 6.58 Å². The van der Waals surface area contributed by atoms with Crippen LogP contribution in [0.25, 0.3) is 0 Å². The van der Waals surface area contributed by atoms with E-state index in [0.717, 1.165) is 11.1 Å². The molecule has 0 spiro atoms. The fourth-order valence-corrected chi connectivity index (χ4v) is 1.86. The first-order chi connectivity index (χ1) is 9.74. The SMILES string of the molecule is C=C[C@H](O)c1ccc(OCc2ccccc2)c(OC)c1. The molecule has 104 valence electrons. The second kappa shape index (κ2) is 6.78. The lowest BCUT2D eigenvalue weighted by Crippen LogP contribution is -1.99. The Morgan fingerprint density at radius 1 is 1.15 bits per heavy atom. The fraction of sp³-hybridized carbons (Fsp3) is 0.176. The van der Waals surface area contributed by atoms with Crippen LogP contribution in [0.2, 0.25) is 0 Å². The summed E-state index contributed by atoms with van der Waals surface area (Å²) in [6, 6.07) is 15.3. The third-order valence-electron chi connectivity index (χ3n) is 2.99. The summed E-state index contributed by atoms with van der Waals surface area (Å²) in [7, 11) is 1.58. The fourth-order valence-electron chi connectivity index (χ4n) is 1.86. The van der Waals surface area contributed by atoms with Gasteiger partial charge in [-0.3, -0.25) is 0 Å². The maximum Gasteiger partial charge on any atom is 0.161 e. The molecule has 3 nitrogen and oxygen atoms in total. The van der Waals surface area contributed by atoms with Gasteiger partial charge >= 0.3 is 0 Å². The molecule has 0 saturated carbocycles. The predicted molar refractivity (Wildman–Crippen MR) is 78.9 cm³/mol. The van der Waals surface area contributed by atoms with Gasteiger partial charge in [-0.05, 0) is 23.3 Å². The molecule has 1 atom stereocenters.